The maximum absolute atomic E-state index is 13.8. The molecule has 3 nitrogen and oxygen atoms in total. The SMILES string of the molecule is CCNCc1ccc(OC2CCCC2O)c(F)c1. The predicted molar refractivity (Wildman–Crippen MR) is 68.1 cm³/mol. The molecule has 1 fully saturated rings. The number of rotatable bonds is 5. The van der Waals surface area contributed by atoms with E-state index in [1.54, 1.807) is 6.07 Å². The van der Waals surface area contributed by atoms with Crippen molar-refractivity contribution in [2.75, 3.05) is 6.54 Å². The summed E-state index contributed by atoms with van der Waals surface area (Å²) in [5.41, 5.74) is 0.897. The van der Waals surface area contributed by atoms with Gasteiger partial charge in [-0.25, -0.2) is 4.39 Å². The maximum atomic E-state index is 13.8. The van der Waals surface area contributed by atoms with Crippen molar-refractivity contribution in [1.82, 2.24) is 5.32 Å². The summed E-state index contributed by atoms with van der Waals surface area (Å²) in [5, 5.41) is 12.8. The van der Waals surface area contributed by atoms with E-state index in [-0.39, 0.29) is 17.7 Å². The van der Waals surface area contributed by atoms with Crippen molar-refractivity contribution in [3.8, 4) is 5.75 Å². The first-order valence-electron chi connectivity index (χ1n) is 6.54. The van der Waals surface area contributed by atoms with Crippen LogP contribution in [-0.4, -0.2) is 23.9 Å². The van der Waals surface area contributed by atoms with Gasteiger partial charge in [-0.1, -0.05) is 13.0 Å². The van der Waals surface area contributed by atoms with Gasteiger partial charge in [0.05, 0.1) is 6.10 Å². The van der Waals surface area contributed by atoms with E-state index in [1.165, 1.54) is 6.07 Å². The molecule has 100 valence electrons. The lowest BCUT2D eigenvalue weighted by Crippen LogP contribution is -2.26. The molecule has 2 atom stereocenters. The Labute approximate surface area is 107 Å². The number of nitrogens with one attached hydrogen (secondary N) is 1. The van der Waals surface area contributed by atoms with Gasteiger partial charge in [0.2, 0.25) is 0 Å². The lowest BCUT2D eigenvalue weighted by molar-refractivity contribution is 0.0578. The molecule has 18 heavy (non-hydrogen) atoms. The van der Waals surface area contributed by atoms with Crippen molar-refractivity contribution in [2.24, 2.45) is 0 Å². The number of benzene rings is 1. The quantitative estimate of drug-likeness (QED) is 0.845. The Morgan fingerprint density at radius 2 is 2.28 bits per heavy atom. The normalized spacial score (nSPS) is 23.3. The molecule has 0 saturated heterocycles. The van der Waals surface area contributed by atoms with Crippen LogP contribution in [0, 0.1) is 5.82 Å². The Kier molecular flexibility index (Phi) is 4.55. The molecule has 0 radical (unpaired) electrons. The van der Waals surface area contributed by atoms with E-state index in [1.807, 2.05) is 13.0 Å². The van der Waals surface area contributed by atoms with Gasteiger partial charge in [-0.15, -0.1) is 0 Å². The molecule has 0 aliphatic heterocycles. The smallest absolute Gasteiger partial charge is 0.165 e. The molecule has 0 amide bonds. The van der Waals surface area contributed by atoms with Crippen LogP contribution in [0.3, 0.4) is 0 Å². The minimum Gasteiger partial charge on any atom is -0.485 e. The number of hydrogen-bond acceptors (Lipinski definition) is 3. The molecule has 2 rings (SSSR count). The highest BCUT2D eigenvalue weighted by Crippen LogP contribution is 2.26. The van der Waals surface area contributed by atoms with Crippen LogP contribution >= 0.6 is 0 Å². The Bertz CT molecular complexity index is 397. The summed E-state index contributed by atoms with van der Waals surface area (Å²) in [6.45, 7) is 3.52. The standard InChI is InChI=1S/C14H20FNO2/c1-2-16-9-10-6-7-13(11(15)8-10)18-14-5-3-4-12(14)17/h6-8,12,14,16-17H,2-5,9H2,1H3. The molecule has 1 aromatic carbocycles. The van der Waals surface area contributed by atoms with Crippen molar-refractivity contribution in [2.45, 2.75) is 44.9 Å². The highest BCUT2D eigenvalue weighted by molar-refractivity contribution is 5.29. The molecule has 0 bridgehead atoms. The third kappa shape index (κ3) is 3.21. The molecule has 4 heteroatoms. The van der Waals surface area contributed by atoms with Crippen LogP contribution in [0.2, 0.25) is 0 Å². The first-order valence-corrected chi connectivity index (χ1v) is 6.54. The molecule has 2 unspecified atom stereocenters. The average Bonchev–Trinajstić information content (AvgIpc) is 2.75. The fraction of sp³-hybridized carbons (Fsp3) is 0.571. The Morgan fingerprint density at radius 3 is 2.89 bits per heavy atom. The van der Waals surface area contributed by atoms with Crippen molar-refractivity contribution in [1.29, 1.82) is 0 Å². The van der Waals surface area contributed by atoms with Gasteiger partial charge in [-0.2, -0.15) is 0 Å². The van der Waals surface area contributed by atoms with E-state index in [4.69, 9.17) is 4.74 Å². The zero-order valence-electron chi connectivity index (χ0n) is 10.7. The molecule has 0 aromatic heterocycles. The summed E-state index contributed by atoms with van der Waals surface area (Å²) < 4.78 is 19.4. The molecule has 2 N–H and O–H groups in total. The third-order valence-corrected chi connectivity index (χ3v) is 3.27. The van der Waals surface area contributed by atoms with E-state index in [0.29, 0.717) is 6.54 Å². The zero-order chi connectivity index (χ0) is 13.0. The monoisotopic (exact) mass is 253 g/mol. The van der Waals surface area contributed by atoms with Gasteiger partial charge in [0, 0.05) is 6.54 Å². The van der Waals surface area contributed by atoms with Crippen LogP contribution in [-0.2, 0) is 6.54 Å². The minimum atomic E-state index is -0.467. The van der Waals surface area contributed by atoms with Crippen molar-refractivity contribution < 1.29 is 14.2 Å². The highest BCUT2D eigenvalue weighted by atomic mass is 19.1. The lowest BCUT2D eigenvalue weighted by Gasteiger charge is -2.17. The van der Waals surface area contributed by atoms with E-state index < -0.39 is 6.10 Å². The lowest BCUT2D eigenvalue weighted by atomic mass is 10.2. The number of ether oxygens (including phenoxy) is 1. The molecule has 0 spiro atoms. The second-order valence-electron chi connectivity index (χ2n) is 4.70. The predicted octanol–water partition coefficient (Wildman–Crippen LogP) is 2.23. The van der Waals surface area contributed by atoms with Gasteiger partial charge in [-0.3, -0.25) is 0 Å². The summed E-state index contributed by atoms with van der Waals surface area (Å²) in [7, 11) is 0. The van der Waals surface area contributed by atoms with Crippen molar-refractivity contribution in [3.63, 3.8) is 0 Å². The van der Waals surface area contributed by atoms with E-state index in [0.717, 1.165) is 31.4 Å². The highest BCUT2D eigenvalue weighted by Gasteiger charge is 2.27. The van der Waals surface area contributed by atoms with Crippen LogP contribution in [0.25, 0.3) is 0 Å². The second kappa shape index (κ2) is 6.16. The van der Waals surface area contributed by atoms with Crippen molar-refractivity contribution in [3.05, 3.63) is 29.6 Å². The fourth-order valence-electron chi connectivity index (χ4n) is 2.23. The van der Waals surface area contributed by atoms with Crippen LogP contribution in [0.1, 0.15) is 31.7 Å². The molecule has 1 aliphatic carbocycles. The largest absolute Gasteiger partial charge is 0.485 e. The zero-order valence-corrected chi connectivity index (χ0v) is 10.7. The van der Waals surface area contributed by atoms with Crippen LogP contribution in [0.5, 0.6) is 5.75 Å². The van der Waals surface area contributed by atoms with E-state index >= 15 is 0 Å². The van der Waals surface area contributed by atoms with Crippen molar-refractivity contribution >= 4 is 0 Å². The second-order valence-corrected chi connectivity index (χ2v) is 4.70. The average molecular weight is 253 g/mol. The molecule has 1 aromatic rings. The summed E-state index contributed by atoms with van der Waals surface area (Å²) in [5.74, 6) is -0.120. The van der Waals surface area contributed by atoms with Gasteiger partial charge in [0.1, 0.15) is 6.10 Å². The Morgan fingerprint density at radius 1 is 1.44 bits per heavy atom. The third-order valence-electron chi connectivity index (χ3n) is 3.27. The molecule has 1 saturated carbocycles. The molecule has 0 heterocycles. The maximum Gasteiger partial charge on any atom is 0.165 e. The number of aliphatic hydroxyl groups excluding tert-OH is 1. The first kappa shape index (κ1) is 13.3. The Balaban J connectivity index is 2.00. The summed E-state index contributed by atoms with van der Waals surface area (Å²) in [4.78, 5) is 0. The first-order chi connectivity index (χ1) is 8.70. The summed E-state index contributed by atoms with van der Waals surface area (Å²) >= 11 is 0. The fourth-order valence-corrected chi connectivity index (χ4v) is 2.23. The van der Waals surface area contributed by atoms with Gasteiger partial charge in [0.15, 0.2) is 11.6 Å². The van der Waals surface area contributed by atoms with Gasteiger partial charge < -0.3 is 15.2 Å². The van der Waals surface area contributed by atoms with Gasteiger partial charge in [0.25, 0.3) is 0 Å². The molecular formula is C14H20FNO2. The summed E-state index contributed by atoms with van der Waals surface area (Å²) in [6.07, 6.45) is 1.74. The van der Waals surface area contributed by atoms with Gasteiger partial charge in [-0.05, 0) is 43.5 Å². The van der Waals surface area contributed by atoms with Gasteiger partial charge >= 0.3 is 0 Å². The Hall–Kier alpha value is -1.13. The van der Waals surface area contributed by atoms with Crippen LogP contribution in [0.4, 0.5) is 4.39 Å². The van der Waals surface area contributed by atoms with E-state index in [9.17, 15) is 9.50 Å². The van der Waals surface area contributed by atoms with Crippen LogP contribution < -0.4 is 10.1 Å². The molecule has 1 aliphatic rings. The summed E-state index contributed by atoms with van der Waals surface area (Å²) in [6, 6.07) is 4.98. The minimum absolute atomic E-state index is 0.237. The number of hydrogen-bond donors (Lipinski definition) is 2. The number of aliphatic hydroxyl groups is 1. The number of halogens is 1. The molecular weight excluding hydrogens is 233 g/mol. The van der Waals surface area contributed by atoms with E-state index in [2.05, 4.69) is 5.32 Å². The topological polar surface area (TPSA) is 41.5 Å². The van der Waals surface area contributed by atoms with Crippen LogP contribution in [0.15, 0.2) is 18.2 Å².